The molecule has 8 nitrogen and oxygen atoms in total. The SMILES string of the molecule is C=CC(=O)O.CCC(=O)O.CCC(=O)O.CCC(=O)O. The Morgan fingerprint density at radius 1 is 0.750 bits per heavy atom. The van der Waals surface area contributed by atoms with E-state index in [9.17, 15) is 19.2 Å². The second-order valence-corrected chi connectivity index (χ2v) is 2.78. The molecule has 0 aliphatic rings. The van der Waals surface area contributed by atoms with E-state index in [-0.39, 0.29) is 19.3 Å². The molecule has 0 aliphatic carbocycles. The molecule has 0 amide bonds. The molecule has 0 heterocycles. The zero-order valence-corrected chi connectivity index (χ0v) is 11.8. The molecule has 0 saturated carbocycles. The summed E-state index contributed by atoms with van der Waals surface area (Å²) in [4.78, 5) is 37.4. The summed E-state index contributed by atoms with van der Waals surface area (Å²) in [6.45, 7) is 7.76. The molecule has 0 spiro atoms. The summed E-state index contributed by atoms with van der Waals surface area (Å²) in [5, 5.41) is 30.8. The molecular weight excluding hydrogens is 272 g/mol. The number of hydrogen-bond donors (Lipinski definition) is 4. The van der Waals surface area contributed by atoms with E-state index >= 15 is 0 Å². The topological polar surface area (TPSA) is 149 Å². The Morgan fingerprint density at radius 2 is 0.850 bits per heavy atom. The summed E-state index contributed by atoms with van der Waals surface area (Å²) < 4.78 is 0. The van der Waals surface area contributed by atoms with Gasteiger partial charge in [-0.15, -0.1) is 0 Å². The highest BCUT2D eigenvalue weighted by Gasteiger charge is 1.81. The Labute approximate surface area is 117 Å². The molecule has 118 valence electrons. The van der Waals surface area contributed by atoms with Gasteiger partial charge in [0, 0.05) is 25.3 Å². The van der Waals surface area contributed by atoms with Gasteiger partial charge in [0.05, 0.1) is 0 Å². The zero-order chi connectivity index (χ0) is 17.1. The Bertz CT molecular complexity index is 263. The summed E-state index contributed by atoms with van der Waals surface area (Å²) >= 11 is 0. The molecule has 0 rings (SSSR count). The van der Waals surface area contributed by atoms with Gasteiger partial charge in [-0.05, 0) is 0 Å². The first-order valence-corrected chi connectivity index (χ1v) is 5.59. The van der Waals surface area contributed by atoms with E-state index in [1.807, 2.05) is 0 Å². The zero-order valence-electron chi connectivity index (χ0n) is 11.8. The maximum Gasteiger partial charge on any atom is 0.327 e. The van der Waals surface area contributed by atoms with Crippen molar-refractivity contribution in [2.45, 2.75) is 40.0 Å². The number of carboxylic acids is 4. The number of hydrogen-bond acceptors (Lipinski definition) is 4. The molecular formula is C12H22O8. The second-order valence-electron chi connectivity index (χ2n) is 2.78. The largest absolute Gasteiger partial charge is 0.481 e. The molecule has 0 aliphatic heterocycles. The van der Waals surface area contributed by atoms with Crippen molar-refractivity contribution >= 4 is 23.9 Å². The van der Waals surface area contributed by atoms with Crippen LogP contribution in [-0.2, 0) is 19.2 Å². The summed E-state index contributed by atoms with van der Waals surface area (Å²) in [5.74, 6) is -3.22. The minimum absolute atomic E-state index is 0.222. The predicted molar refractivity (Wildman–Crippen MR) is 71.6 cm³/mol. The Kier molecular flexibility index (Phi) is 28.7. The standard InChI is InChI=1S/3C3H6O2.C3H4O2/c4*1-2-3(4)5/h3*2H2,1H3,(H,4,5);2H,1H2,(H,4,5). The van der Waals surface area contributed by atoms with Gasteiger partial charge in [0.1, 0.15) is 0 Å². The third kappa shape index (κ3) is 106. The van der Waals surface area contributed by atoms with E-state index in [2.05, 4.69) is 6.58 Å². The quantitative estimate of drug-likeness (QED) is 0.572. The molecule has 0 saturated heterocycles. The average molecular weight is 294 g/mol. The van der Waals surface area contributed by atoms with Gasteiger partial charge in [-0.3, -0.25) is 14.4 Å². The molecule has 20 heavy (non-hydrogen) atoms. The smallest absolute Gasteiger partial charge is 0.327 e. The van der Waals surface area contributed by atoms with Crippen LogP contribution in [0.2, 0.25) is 0 Å². The van der Waals surface area contributed by atoms with Crippen LogP contribution >= 0.6 is 0 Å². The van der Waals surface area contributed by atoms with Crippen LogP contribution in [0.5, 0.6) is 0 Å². The van der Waals surface area contributed by atoms with Crippen LogP contribution in [0.4, 0.5) is 0 Å². The van der Waals surface area contributed by atoms with E-state index in [4.69, 9.17) is 20.4 Å². The van der Waals surface area contributed by atoms with Crippen molar-refractivity contribution < 1.29 is 39.6 Å². The Morgan fingerprint density at radius 3 is 0.850 bits per heavy atom. The van der Waals surface area contributed by atoms with E-state index < -0.39 is 23.9 Å². The highest BCUT2D eigenvalue weighted by molar-refractivity contribution is 5.78. The van der Waals surface area contributed by atoms with Crippen molar-refractivity contribution in [3.05, 3.63) is 12.7 Å². The van der Waals surface area contributed by atoms with Crippen LogP contribution in [-0.4, -0.2) is 44.3 Å². The van der Waals surface area contributed by atoms with Gasteiger partial charge >= 0.3 is 23.9 Å². The van der Waals surface area contributed by atoms with Crippen LogP contribution in [0.25, 0.3) is 0 Å². The summed E-state index contributed by atoms with van der Waals surface area (Å²) in [6, 6.07) is 0. The van der Waals surface area contributed by atoms with E-state index in [0.29, 0.717) is 0 Å². The van der Waals surface area contributed by atoms with E-state index in [0.717, 1.165) is 6.08 Å². The van der Waals surface area contributed by atoms with Crippen LogP contribution < -0.4 is 0 Å². The van der Waals surface area contributed by atoms with Crippen molar-refractivity contribution in [1.29, 1.82) is 0 Å². The van der Waals surface area contributed by atoms with Gasteiger partial charge in [0.15, 0.2) is 0 Å². The molecule has 8 heteroatoms. The van der Waals surface area contributed by atoms with Gasteiger partial charge in [-0.1, -0.05) is 27.4 Å². The van der Waals surface area contributed by atoms with Crippen LogP contribution in [0.1, 0.15) is 40.0 Å². The van der Waals surface area contributed by atoms with Crippen molar-refractivity contribution in [2.75, 3.05) is 0 Å². The van der Waals surface area contributed by atoms with Crippen LogP contribution in [0.15, 0.2) is 12.7 Å². The molecule has 0 aromatic carbocycles. The highest BCUT2D eigenvalue weighted by atomic mass is 16.4. The van der Waals surface area contributed by atoms with Gasteiger partial charge < -0.3 is 20.4 Å². The molecule has 0 aromatic heterocycles. The van der Waals surface area contributed by atoms with Gasteiger partial charge in [-0.2, -0.15) is 0 Å². The van der Waals surface area contributed by atoms with Gasteiger partial charge in [-0.25, -0.2) is 4.79 Å². The minimum atomic E-state index is -0.981. The van der Waals surface area contributed by atoms with Crippen molar-refractivity contribution in [2.24, 2.45) is 0 Å². The summed E-state index contributed by atoms with van der Waals surface area (Å²) in [6.07, 6.45) is 1.50. The third-order valence-corrected chi connectivity index (χ3v) is 1.08. The van der Waals surface area contributed by atoms with Crippen molar-refractivity contribution in [1.82, 2.24) is 0 Å². The monoisotopic (exact) mass is 294 g/mol. The fourth-order valence-electron chi connectivity index (χ4n) is 0. The molecule has 0 aromatic rings. The lowest BCUT2D eigenvalue weighted by Gasteiger charge is -1.71. The lowest BCUT2D eigenvalue weighted by Crippen LogP contribution is -1.86. The first-order chi connectivity index (χ1) is 9.08. The normalized spacial score (nSPS) is 7.15. The minimum Gasteiger partial charge on any atom is -0.481 e. The first kappa shape index (κ1) is 26.2. The summed E-state index contributed by atoms with van der Waals surface area (Å²) in [5.41, 5.74) is 0. The molecule has 0 unspecified atom stereocenters. The Hall–Kier alpha value is -2.38. The molecule has 0 atom stereocenters. The molecule has 4 N–H and O–H groups in total. The number of rotatable bonds is 4. The van der Waals surface area contributed by atoms with E-state index in [1.54, 1.807) is 20.8 Å². The first-order valence-electron chi connectivity index (χ1n) is 5.59. The molecule has 0 bridgehead atoms. The predicted octanol–water partition coefficient (Wildman–Crippen LogP) is 1.70. The lowest BCUT2D eigenvalue weighted by atomic mass is 10.5. The summed E-state index contributed by atoms with van der Waals surface area (Å²) in [7, 11) is 0. The highest BCUT2D eigenvalue weighted by Crippen LogP contribution is 1.68. The number of aliphatic carboxylic acids is 4. The fourth-order valence-corrected chi connectivity index (χ4v) is 0. The molecule has 0 radical (unpaired) electrons. The Balaban J connectivity index is -0.0000000853. The number of carbonyl (C=O) groups is 4. The maximum atomic E-state index is 9.37. The second kappa shape index (κ2) is 21.9. The maximum absolute atomic E-state index is 9.37. The van der Waals surface area contributed by atoms with Crippen molar-refractivity contribution in [3.8, 4) is 0 Å². The number of carboxylic acid groups (broad SMARTS) is 4. The van der Waals surface area contributed by atoms with Gasteiger partial charge in [0.25, 0.3) is 0 Å². The van der Waals surface area contributed by atoms with Crippen LogP contribution in [0, 0.1) is 0 Å². The molecule has 0 fully saturated rings. The van der Waals surface area contributed by atoms with Gasteiger partial charge in [0.2, 0.25) is 0 Å². The third-order valence-electron chi connectivity index (χ3n) is 1.08. The lowest BCUT2D eigenvalue weighted by molar-refractivity contribution is -0.137. The van der Waals surface area contributed by atoms with Crippen LogP contribution in [0.3, 0.4) is 0 Å². The van der Waals surface area contributed by atoms with E-state index in [1.165, 1.54) is 0 Å². The fraction of sp³-hybridized carbons (Fsp3) is 0.500. The average Bonchev–Trinajstić information content (AvgIpc) is 2.40. The van der Waals surface area contributed by atoms with Crippen molar-refractivity contribution in [3.63, 3.8) is 0 Å².